The molecule has 0 bridgehead atoms. The molecule has 31 heavy (non-hydrogen) atoms. The van der Waals surface area contributed by atoms with E-state index in [9.17, 15) is 19.2 Å². The predicted octanol–water partition coefficient (Wildman–Crippen LogP) is 1.32. The van der Waals surface area contributed by atoms with Crippen LogP contribution in [0.1, 0.15) is 20.8 Å². The Labute approximate surface area is 177 Å². The van der Waals surface area contributed by atoms with E-state index in [1.54, 1.807) is 24.3 Å². The Morgan fingerprint density at radius 3 is 1.94 bits per heavy atom. The lowest BCUT2D eigenvalue weighted by Crippen LogP contribution is -2.21. The largest absolute Gasteiger partial charge is 0.497 e. The first kappa shape index (κ1) is 23.1. The summed E-state index contributed by atoms with van der Waals surface area (Å²) in [6.45, 7) is 0. The summed E-state index contributed by atoms with van der Waals surface area (Å²) in [7, 11) is 5.85. The van der Waals surface area contributed by atoms with Crippen molar-refractivity contribution in [2.75, 3.05) is 35.5 Å². The number of aromatic nitrogens is 2. The Morgan fingerprint density at radius 1 is 0.839 bits per heavy atom. The van der Waals surface area contributed by atoms with E-state index in [0.29, 0.717) is 11.3 Å². The summed E-state index contributed by atoms with van der Waals surface area (Å²) >= 11 is 0. The van der Waals surface area contributed by atoms with E-state index < -0.39 is 35.3 Å². The molecule has 2 rings (SSSR count). The summed E-state index contributed by atoms with van der Waals surface area (Å²) < 4.78 is 24.7. The van der Waals surface area contributed by atoms with Crippen molar-refractivity contribution in [2.24, 2.45) is 0 Å². The smallest absolute Gasteiger partial charge is 0.357 e. The van der Waals surface area contributed by atoms with Gasteiger partial charge >= 0.3 is 23.9 Å². The summed E-state index contributed by atoms with van der Waals surface area (Å²) in [5.74, 6) is -3.32. The molecule has 0 atom stereocenters. The molecule has 0 aliphatic rings. The molecule has 0 unspecified atom stereocenters. The molecule has 0 saturated carbocycles. The van der Waals surface area contributed by atoms with Crippen LogP contribution in [0.25, 0.3) is 17.0 Å². The molecule has 0 amide bonds. The molecule has 0 aliphatic carbocycles. The zero-order valence-electron chi connectivity index (χ0n) is 17.5. The number of ether oxygens (including phenoxy) is 5. The number of nitrogens with zero attached hydrogens (tertiary/aromatic N) is 2. The van der Waals surface area contributed by atoms with Gasteiger partial charge < -0.3 is 23.7 Å². The summed E-state index contributed by atoms with van der Waals surface area (Å²) in [5.41, 5.74) is -0.818. The molecule has 0 fully saturated rings. The van der Waals surface area contributed by atoms with Crippen molar-refractivity contribution in [2.45, 2.75) is 0 Å². The van der Waals surface area contributed by atoms with Crippen LogP contribution in [0.2, 0.25) is 0 Å². The van der Waals surface area contributed by atoms with Crippen molar-refractivity contribution in [1.29, 1.82) is 0 Å². The molecule has 0 spiro atoms. The van der Waals surface area contributed by atoms with E-state index in [2.05, 4.69) is 9.84 Å². The van der Waals surface area contributed by atoms with Crippen LogP contribution in [-0.4, -0.2) is 69.2 Å². The van der Waals surface area contributed by atoms with Crippen molar-refractivity contribution in [3.8, 4) is 17.0 Å². The van der Waals surface area contributed by atoms with Crippen molar-refractivity contribution in [3.05, 3.63) is 41.6 Å². The third-order valence-electron chi connectivity index (χ3n) is 4.10. The van der Waals surface area contributed by atoms with Crippen molar-refractivity contribution >= 4 is 29.6 Å². The first-order valence-corrected chi connectivity index (χ1v) is 8.65. The number of hydrogen-bond acceptors (Lipinski definition) is 10. The average Bonchev–Trinajstić information content (AvgIpc) is 3.20. The van der Waals surface area contributed by atoms with Gasteiger partial charge in [-0.2, -0.15) is 5.10 Å². The molecule has 1 aromatic carbocycles. The quantitative estimate of drug-likeness (QED) is 0.358. The van der Waals surface area contributed by atoms with Gasteiger partial charge in [0, 0.05) is 5.56 Å². The van der Waals surface area contributed by atoms with Crippen LogP contribution in [0.3, 0.4) is 0 Å². The number of benzene rings is 1. The number of carbonyl (C=O) groups excluding carboxylic acids is 4. The molecule has 11 nitrogen and oxygen atoms in total. The first-order chi connectivity index (χ1) is 14.8. The fourth-order valence-corrected chi connectivity index (χ4v) is 2.61. The Kier molecular flexibility index (Phi) is 7.50. The van der Waals surface area contributed by atoms with Crippen molar-refractivity contribution in [3.63, 3.8) is 0 Å². The minimum absolute atomic E-state index is 0.00503. The molecule has 164 valence electrons. The van der Waals surface area contributed by atoms with Gasteiger partial charge in [-0.3, -0.25) is 0 Å². The molecule has 0 saturated heterocycles. The molecule has 0 N–H and O–H groups in total. The van der Waals surface area contributed by atoms with Crippen LogP contribution in [0, 0.1) is 0 Å². The van der Waals surface area contributed by atoms with E-state index in [-0.39, 0.29) is 11.3 Å². The van der Waals surface area contributed by atoms with Crippen LogP contribution in [0.4, 0.5) is 0 Å². The third kappa shape index (κ3) is 4.71. The lowest BCUT2D eigenvalue weighted by atomic mass is 10.1. The van der Waals surface area contributed by atoms with Gasteiger partial charge in [-0.05, 0) is 24.3 Å². The van der Waals surface area contributed by atoms with Crippen molar-refractivity contribution < 1.29 is 42.9 Å². The Hall–Kier alpha value is -4.15. The van der Waals surface area contributed by atoms with Crippen LogP contribution in [0.15, 0.2) is 30.3 Å². The van der Waals surface area contributed by atoms with Gasteiger partial charge in [-0.25, -0.2) is 23.9 Å². The second-order valence-electron chi connectivity index (χ2n) is 5.74. The molecule has 11 heteroatoms. The molecule has 0 aliphatic heterocycles. The van der Waals surface area contributed by atoms with E-state index in [4.69, 9.17) is 18.9 Å². The van der Waals surface area contributed by atoms with Gasteiger partial charge in [-0.1, -0.05) is 0 Å². The number of carbonyl (C=O) groups is 4. The van der Waals surface area contributed by atoms with Crippen LogP contribution in [-0.2, 0) is 28.5 Å². The van der Waals surface area contributed by atoms with Crippen molar-refractivity contribution in [1.82, 2.24) is 9.78 Å². The molecule has 1 aromatic heterocycles. The fraction of sp³-hybridized carbons (Fsp3) is 0.250. The predicted molar refractivity (Wildman–Crippen MR) is 105 cm³/mol. The number of methoxy groups -OCH3 is 5. The van der Waals surface area contributed by atoms with Gasteiger partial charge in [0.05, 0.1) is 41.6 Å². The number of esters is 4. The maximum atomic E-state index is 12.6. The van der Waals surface area contributed by atoms with E-state index in [0.717, 1.165) is 39.2 Å². The highest BCUT2D eigenvalue weighted by atomic mass is 16.5. The molecular weight excluding hydrogens is 412 g/mol. The summed E-state index contributed by atoms with van der Waals surface area (Å²) in [6.07, 6.45) is 0.768. The van der Waals surface area contributed by atoms with Gasteiger partial charge in [0.25, 0.3) is 0 Å². The van der Waals surface area contributed by atoms with Gasteiger partial charge in [0.1, 0.15) is 17.0 Å². The van der Waals surface area contributed by atoms with E-state index in [1.807, 2.05) is 0 Å². The third-order valence-corrected chi connectivity index (χ3v) is 4.10. The van der Waals surface area contributed by atoms with Crippen LogP contribution >= 0.6 is 0 Å². The number of rotatable bonds is 7. The summed E-state index contributed by atoms with van der Waals surface area (Å²) in [5, 5.41) is 4.23. The lowest BCUT2D eigenvalue weighted by molar-refractivity contribution is -0.137. The van der Waals surface area contributed by atoms with Gasteiger partial charge in [-0.15, -0.1) is 0 Å². The monoisotopic (exact) mass is 432 g/mol. The highest BCUT2D eigenvalue weighted by Crippen LogP contribution is 2.30. The standard InChI is InChI=1S/C20H20N2O9/c1-27-12-8-6-11(7-9-12)16-15(19(25)30-4)17(20(26)31-5)22(21-16)13(18(24)29-3)10-14(23)28-2/h6-10H,1-5H3/b13-10+. The Morgan fingerprint density at radius 2 is 1.45 bits per heavy atom. The second-order valence-corrected chi connectivity index (χ2v) is 5.74. The minimum atomic E-state index is -1.02. The normalized spacial score (nSPS) is 10.8. The highest BCUT2D eigenvalue weighted by molar-refractivity contribution is 6.17. The number of hydrogen-bond donors (Lipinski definition) is 0. The molecule has 1 heterocycles. The Bertz CT molecular complexity index is 1040. The van der Waals surface area contributed by atoms with Gasteiger partial charge in [0.2, 0.25) is 0 Å². The Balaban J connectivity index is 2.92. The summed E-state index contributed by atoms with van der Waals surface area (Å²) in [6, 6.07) is 6.39. The van der Waals surface area contributed by atoms with E-state index >= 15 is 0 Å². The maximum Gasteiger partial charge on any atom is 0.357 e. The molecule has 2 aromatic rings. The molecule has 0 radical (unpaired) electrons. The van der Waals surface area contributed by atoms with E-state index in [1.165, 1.54) is 7.11 Å². The van der Waals surface area contributed by atoms with Gasteiger partial charge in [0.15, 0.2) is 11.4 Å². The average molecular weight is 432 g/mol. The maximum absolute atomic E-state index is 12.6. The summed E-state index contributed by atoms with van der Waals surface area (Å²) in [4.78, 5) is 49.4. The first-order valence-electron chi connectivity index (χ1n) is 8.65. The zero-order valence-corrected chi connectivity index (χ0v) is 17.5. The second kappa shape index (κ2) is 10.1. The topological polar surface area (TPSA) is 132 Å². The van der Waals surface area contributed by atoms with Crippen LogP contribution < -0.4 is 4.74 Å². The lowest BCUT2D eigenvalue weighted by Gasteiger charge is -2.09. The van der Waals surface area contributed by atoms with Crippen LogP contribution in [0.5, 0.6) is 5.75 Å². The minimum Gasteiger partial charge on any atom is -0.497 e. The highest BCUT2D eigenvalue weighted by Gasteiger charge is 2.34. The zero-order chi connectivity index (χ0) is 23.1. The fourth-order valence-electron chi connectivity index (χ4n) is 2.61. The SMILES string of the molecule is COC(=O)/C=C(\C(=O)OC)n1nc(-c2ccc(OC)cc2)c(C(=O)OC)c1C(=O)OC. The molecular formula is C20H20N2O9.